The highest BCUT2D eigenvalue weighted by Gasteiger charge is 2.20. The zero-order valence-electron chi connectivity index (χ0n) is 7.46. The molecule has 1 heterocycles. The van der Waals surface area contributed by atoms with Crippen molar-refractivity contribution in [2.75, 3.05) is 13.2 Å². The second-order valence-electron chi connectivity index (χ2n) is 2.79. The van der Waals surface area contributed by atoms with E-state index in [1.807, 2.05) is 6.92 Å². The average Bonchev–Trinajstić information content (AvgIpc) is 2.32. The molecule has 0 aromatic heterocycles. The van der Waals surface area contributed by atoms with Crippen molar-refractivity contribution >= 4 is 11.7 Å². The lowest BCUT2D eigenvalue weighted by Gasteiger charge is -2.00. The first kappa shape index (κ1) is 9.19. The second kappa shape index (κ2) is 4.21. The Morgan fingerprint density at radius 3 is 2.92 bits per heavy atom. The van der Waals surface area contributed by atoms with E-state index in [0.717, 1.165) is 6.42 Å². The van der Waals surface area contributed by atoms with Crippen LogP contribution >= 0.6 is 0 Å². The SMILES string of the molecule is CCCOCC1=NC(C)C(=O)N1. The van der Waals surface area contributed by atoms with Gasteiger partial charge in [0.05, 0.1) is 0 Å². The standard InChI is InChI=1S/C8H14N2O2/c1-3-4-12-5-7-9-6(2)8(11)10-7/h6H,3-5H2,1-2H3,(H,9,10,11). The first-order chi connectivity index (χ1) is 5.74. The average molecular weight is 170 g/mol. The topological polar surface area (TPSA) is 50.7 Å². The molecule has 0 bridgehead atoms. The van der Waals surface area contributed by atoms with Crippen LogP contribution in [0.2, 0.25) is 0 Å². The lowest BCUT2D eigenvalue weighted by atomic mass is 10.4. The van der Waals surface area contributed by atoms with Crippen LogP contribution < -0.4 is 5.32 Å². The number of rotatable bonds is 4. The number of aliphatic imine (C=N–C) groups is 1. The summed E-state index contributed by atoms with van der Waals surface area (Å²) in [5.41, 5.74) is 0. The van der Waals surface area contributed by atoms with Crippen molar-refractivity contribution in [3.8, 4) is 0 Å². The summed E-state index contributed by atoms with van der Waals surface area (Å²) in [6.45, 7) is 4.94. The Morgan fingerprint density at radius 2 is 2.42 bits per heavy atom. The number of amidine groups is 1. The fraction of sp³-hybridized carbons (Fsp3) is 0.750. The fourth-order valence-corrected chi connectivity index (χ4v) is 0.958. The first-order valence-corrected chi connectivity index (χ1v) is 4.19. The Balaban J connectivity index is 2.26. The van der Waals surface area contributed by atoms with Crippen LogP contribution in [0.4, 0.5) is 0 Å². The van der Waals surface area contributed by atoms with Gasteiger partial charge in [-0.25, -0.2) is 0 Å². The molecular weight excluding hydrogens is 156 g/mol. The fourth-order valence-electron chi connectivity index (χ4n) is 0.958. The molecule has 0 radical (unpaired) electrons. The van der Waals surface area contributed by atoms with Crippen LogP contribution in [-0.2, 0) is 9.53 Å². The highest BCUT2D eigenvalue weighted by molar-refractivity contribution is 6.06. The second-order valence-corrected chi connectivity index (χ2v) is 2.79. The molecule has 0 aliphatic carbocycles. The molecule has 1 atom stereocenters. The Labute approximate surface area is 72.0 Å². The van der Waals surface area contributed by atoms with E-state index in [9.17, 15) is 4.79 Å². The van der Waals surface area contributed by atoms with E-state index in [-0.39, 0.29) is 11.9 Å². The number of nitrogens with zero attached hydrogens (tertiary/aromatic N) is 1. The third-order valence-electron chi connectivity index (χ3n) is 1.58. The molecule has 0 spiro atoms. The molecule has 4 heteroatoms. The minimum absolute atomic E-state index is 0.0369. The smallest absolute Gasteiger partial charge is 0.249 e. The van der Waals surface area contributed by atoms with Crippen LogP contribution in [0, 0.1) is 0 Å². The molecule has 1 aliphatic rings. The van der Waals surface area contributed by atoms with Crippen molar-refractivity contribution in [1.29, 1.82) is 0 Å². The molecule has 0 saturated carbocycles. The number of hydrogen-bond donors (Lipinski definition) is 1. The van der Waals surface area contributed by atoms with E-state index in [4.69, 9.17) is 4.74 Å². The Morgan fingerprint density at radius 1 is 1.67 bits per heavy atom. The number of amides is 1. The van der Waals surface area contributed by atoms with Gasteiger partial charge < -0.3 is 10.1 Å². The number of hydrogen-bond acceptors (Lipinski definition) is 3. The maximum absolute atomic E-state index is 10.9. The number of carbonyl (C=O) groups is 1. The molecule has 0 aromatic rings. The molecule has 0 fully saturated rings. The zero-order chi connectivity index (χ0) is 8.97. The minimum Gasteiger partial charge on any atom is -0.374 e. The summed E-state index contributed by atoms with van der Waals surface area (Å²) in [5.74, 6) is 0.617. The van der Waals surface area contributed by atoms with Gasteiger partial charge in [-0.05, 0) is 13.3 Å². The summed E-state index contributed by atoms with van der Waals surface area (Å²) in [5, 5.41) is 2.65. The van der Waals surface area contributed by atoms with E-state index in [0.29, 0.717) is 19.0 Å². The van der Waals surface area contributed by atoms with Crippen LogP contribution in [0.5, 0.6) is 0 Å². The monoisotopic (exact) mass is 170 g/mol. The normalized spacial score (nSPS) is 22.3. The maximum atomic E-state index is 10.9. The van der Waals surface area contributed by atoms with Crippen molar-refractivity contribution in [3.63, 3.8) is 0 Å². The van der Waals surface area contributed by atoms with Crippen LogP contribution in [0.3, 0.4) is 0 Å². The van der Waals surface area contributed by atoms with Crippen molar-refractivity contribution in [3.05, 3.63) is 0 Å². The van der Waals surface area contributed by atoms with E-state index in [1.54, 1.807) is 6.92 Å². The Hall–Kier alpha value is -0.900. The first-order valence-electron chi connectivity index (χ1n) is 4.19. The van der Waals surface area contributed by atoms with Gasteiger partial charge in [0.15, 0.2) is 0 Å². The minimum atomic E-state index is -0.245. The van der Waals surface area contributed by atoms with Gasteiger partial charge in [0.2, 0.25) is 5.91 Å². The van der Waals surface area contributed by atoms with Gasteiger partial charge >= 0.3 is 0 Å². The maximum Gasteiger partial charge on any atom is 0.249 e. The molecule has 1 N–H and O–H groups in total. The van der Waals surface area contributed by atoms with Gasteiger partial charge in [-0.2, -0.15) is 0 Å². The highest BCUT2D eigenvalue weighted by Crippen LogP contribution is 1.98. The molecule has 1 rings (SSSR count). The highest BCUT2D eigenvalue weighted by atomic mass is 16.5. The lowest BCUT2D eigenvalue weighted by Crippen LogP contribution is -2.30. The van der Waals surface area contributed by atoms with E-state index in [1.165, 1.54) is 0 Å². The van der Waals surface area contributed by atoms with Crippen molar-refractivity contribution < 1.29 is 9.53 Å². The molecule has 0 saturated heterocycles. The van der Waals surface area contributed by atoms with Crippen molar-refractivity contribution in [2.45, 2.75) is 26.3 Å². The quantitative estimate of drug-likeness (QED) is 0.618. The number of nitrogens with one attached hydrogen (secondary N) is 1. The van der Waals surface area contributed by atoms with E-state index >= 15 is 0 Å². The van der Waals surface area contributed by atoms with Gasteiger partial charge in [-0.15, -0.1) is 0 Å². The van der Waals surface area contributed by atoms with Crippen molar-refractivity contribution in [2.24, 2.45) is 4.99 Å². The molecule has 68 valence electrons. The third-order valence-corrected chi connectivity index (χ3v) is 1.58. The lowest BCUT2D eigenvalue weighted by molar-refractivity contribution is -0.119. The molecule has 1 aliphatic heterocycles. The largest absolute Gasteiger partial charge is 0.374 e. The van der Waals surface area contributed by atoms with Crippen LogP contribution in [0.1, 0.15) is 20.3 Å². The third kappa shape index (κ3) is 2.30. The molecule has 0 aromatic carbocycles. The molecule has 12 heavy (non-hydrogen) atoms. The molecule has 1 amide bonds. The Kier molecular flexibility index (Phi) is 3.22. The van der Waals surface area contributed by atoms with Gasteiger partial charge in [0.25, 0.3) is 0 Å². The van der Waals surface area contributed by atoms with Crippen LogP contribution in [-0.4, -0.2) is 31.0 Å². The predicted molar refractivity (Wildman–Crippen MR) is 46.1 cm³/mol. The summed E-state index contributed by atoms with van der Waals surface area (Å²) in [6.07, 6.45) is 0.983. The van der Waals surface area contributed by atoms with Crippen molar-refractivity contribution in [1.82, 2.24) is 5.32 Å². The summed E-state index contributed by atoms with van der Waals surface area (Å²) >= 11 is 0. The molecule has 1 unspecified atom stereocenters. The van der Waals surface area contributed by atoms with Gasteiger partial charge in [0.1, 0.15) is 18.5 Å². The predicted octanol–water partition coefficient (Wildman–Crippen LogP) is 0.330. The summed E-state index contributed by atoms with van der Waals surface area (Å²) in [6, 6.07) is -0.245. The van der Waals surface area contributed by atoms with Gasteiger partial charge in [-0.1, -0.05) is 6.92 Å². The summed E-state index contributed by atoms with van der Waals surface area (Å²) in [4.78, 5) is 15.0. The summed E-state index contributed by atoms with van der Waals surface area (Å²) in [7, 11) is 0. The molecular formula is C8H14N2O2. The summed E-state index contributed by atoms with van der Waals surface area (Å²) < 4.78 is 5.22. The van der Waals surface area contributed by atoms with Gasteiger partial charge in [0, 0.05) is 6.61 Å². The van der Waals surface area contributed by atoms with Gasteiger partial charge in [-0.3, -0.25) is 9.79 Å². The zero-order valence-corrected chi connectivity index (χ0v) is 7.46. The van der Waals surface area contributed by atoms with Crippen LogP contribution in [0.15, 0.2) is 4.99 Å². The Bertz CT molecular complexity index is 201. The number of ether oxygens (including phenoxy) is 1. The number of carbonyl (C=O) groups excluding carboxylic acids is 1. The van der Waals surface area contributed by atoms with Crippen LogP contribution in [0.25, 0.3) is 0 Å². The van der Waals surface area contributed by atoms with E-state index in [2.05, 4.69) is 10.3 Å². The van der Waals surface area contributed by atoms with E-state index < -0.39 is 0 Å². The molecule has 4 nitrogen and oxygen atoms in total.